The standard InChI is InChI=1S/C17H17FO2/c1-11-4-5-12(2)15(8-11)16(19)10-20-17-7-6-14(18)9-13(17)3/h4-9H,10H2,1-3H3. The Hall–Kier alpha value is -2.16. The molecule has 2 aromatic carbocycles. The zero-order chi connectivity index (χ0) is 14.7. The van der Waals surface area contributed by atoms with E-state index in [0.29, 0.717) is 16.9 Å². The summed E-state index contributed by atoms with van der Waals surface area (Å²) in [5.41, 5.74) is 3.32. The van der Waals surface area contributed by atoms with Crippen LogP contribution in [-0.4, -0.2) is 12.4 Å². The van der Waals surface area contributed by atoms with Gasteiger partial charge in [0.25, 0.3) is 0 Å². The van der Waals surface area contributed by atoms with Gasteiger partial charge < -0.3 is 4.74 Å². The lowest BCUT2D eigenvalue weighted by molar-refractivity contribution is 0.0920. The van der Waals surface area contributed by atoms with Crippen LogP contribution in [0.25, 0.3) is 0 Å². The Morgan fingerprint density at radius 2 is 1.80 bits per heavy atom. The monoisotopic (exact) mass is 272 g/mol. The van der Waals surface area contributed by atoms with Gasteiger partial charge in [-0.3, -0.25) is 4.79 Å². The highest BCUT2D eigenvalue weighted by atomic mass is 19.1. The van der Waals surface area contributed by atoms with Gasteiger partial charge in [0.1, 0.15) is 11.6 Å². The predicted molar refractivity (Wildman–Crippen MR) is 76.9 cm³/mol. The van der Waals surface area contributed by atoms with Crippen LogP contribution in [0.1, 0.15) is 27.0 Å². The summed E-state index contributed by atoms with van der Waals surface area (Å²) in [6, 6.07) is 10.0. The minimum Gasteiger partial charge on any atom is -0.485 e. The van der Waals surface area contributed by atoms with Gasteiger partial charge in [-0.1, -0.05) is 17.7 Å². The SMILES string of the molecule is Cc1ccc(C)c(C(=O)COc2ccc(F)cc2C)c1. The predicted octanol–water partition coefficient (Wildman–Crippen LogP) is 4.01. The van der Waals surface area contributed by atoms with Crippen LogP contribution < -0.4 is 4.74 Å². The number of carbonyl (C=O) groups is 1. The smallest absolute Gasteiger partial charge is 0.200 e. The molecule has 0 aliphatic carbocycles. The van der Waals surface area contributed by atoms with Crippen molar-refractivity contribution in [3.63, 3.8) is 0 Å². The first-order chi connectivity index (χ1) is 9.47. The van der Waals surface area contributed by atoms with Crippen LogP contribution in [0, 0.1) is 26.6 Å². The quantitative estimate of drug-likeness (QED) is 0.786. The minimum atomic E-state index is -0.310. The van der Waals surface area contributed by atoms with Crippen molar-refractivity contribution >= 4 is 5.78 Å². The van der Waals surface area contributed by atoms with Crippen molar-refractivity contribution in [2.24, 2.45) is 0 Å². The number of Topliss-reactive ketones (excluding diaryl/α,β-unsaturated/α-hetero) is 1. The number of carbonyl (C=O) groups excluding carboxylic acids is 1. The second-order valence-electron chi connectivity index (χ2n) is 4.94. The van der Waals surface area contributed by atoms with Gasteiger partial charge in [-0.25, -0.2) is 4.39 Å². The zero-order valence-corrected chi connectivity index (χ0v) is 11.9. The van der Waals surface area contributed by atoms with E-state index in [1.54, 1.807) is 13.0 Å². The molecule has 2 aromatic rings. The van der Waals surface area contributed by atoms with Crippen LogP contribution in [0.15, 0.2) is 36.4 Å². The molecule has 0 bridgehead atoms. The molecule has 0 saturated heterocycles. The van der Waals surface area contributed by atoms with Crippen LogP contribution in [0.5, 0.6) is 5.75 Å². The van der Waals surface area contributed by atoms with Gasteiger partial charge >= 0.3 is 0 Å². The molecule has 104 valence electrons. The summed E-state index contributed by atoms with van der Waals surface area (Å²) >= 11 is 0. The molecule has 0 N–H and O–H groups in total. The zero-order valence-electron chi connectivity index (χ0n) is 11.9. The van der Waals surface area contributed by atoms with E-state index in [1.165, 1.54) is 12.1 Å². The molecule has 20 heavy (non-hydrogen) atoms. The highest BCUT2D eigenvalue weighted by Gasteiger charge is 2.11. The van der Waals surface area contributed by atoms with E-state index < -0.39 is 0 Å². The lowest BCUT2D eigenvalue weighted by Gasteiger charge is -2.10. The number of halogens is 1. The second-order valence-corrected chi connectivity index (χ2v) is 4.94. The maximum Gasteiger partial charge on any atom is 0.200 e. The fourth-order valence-electron chi connectivity index (χ4n) is 2.03. The Morgan fingerprint density at radius 3 is 2.50 bits per heavy atom. The van der Waals surface area contributed by atoms with Crippen LogP contribution in [-0.2, 0) is 0 Å². The molecule has 0 atom stereocenters. The van der Waals surface area contributed by atoms with Crippen molar-refractivity contribution in [2.45, 2.75) is 20.8 Å². The molecule has 0 unspecified atom stereocenters. The summed E-state index contributed by atoms with van der Waals surface area (Å²) in [6.07, 6.45) is 0. The van der Waals surface area contributed by atoms with E-state index in [2.05, 4.69) is 0 Å². The van der Waals surface area contributed by atoms with Crippen molar-refractivity contribution in [1.29, 1.82) is 0 Å². The van der Waals surface area contributed by atoms with Gasteiger partial charge in [-0.15, -0.1) is 0 Å². The minimum absolute atomic E-state index is 0.0449. The molecule has 2 rings (SSSR count). The normalized spacial score (nSPS) is 10.4. The van der Waals surface area contributed by atoms with Gasteiger partial charge in [0, 0.05) is 5.56 Å². The number of ketones is 1. The van der Waals surface area contributed by atoms with Crippen LogP contribution in [0.2, 0.25) is 0 Å². The molecule has 0 amide bonds. The maximum absolute atomic E-state index is 13.0. The summed E-state index contributed by atoms with van der Waals surface area (Å²) in [5, 5.41) is 0. The average Bonchev–Trinajstić information content (AvgIpc) is 2.40. The third-order valence-corrected chi connectivity index (χ3v) is 3.19. The molecule has 0 saturated carbocycles. The summed E-state index contributed by atoms with van der Waals surface area (Å²) in [5.74, 6) is 0.149. The molecule has 0 spiro atoms. The van der Waals surface area contributed by atoms with Gasteiger partial charge in [0.15, 0.2) is 12.4 Å². The lowest BCUT2D eigenvalue weighted by atomic mass is 10.0. The fourth-order valence-corrected chi connectivity index (χ4v) is 2.03. The molecular formula is C17H17FO2. The first kappa shape index (κ1) is 14.3. The summed E-state index contributed by atoms with van der Waals surface area (Å²) in [4.78, 5) is 12.2. The lowest BCUT2D eigenvalue weighted by Crippen LogP contribution is -2.13. The molecule has 0 heterocycles. The highest BCUT2D eigenvalue weighted by molar-refractivity contribution is 5.98. The van der Waals surface area contributed by atoms with E-state index in [1.807, 2.05) is 32.0 Å². The topological polar surface area (TPSA) is 26.3 Å². The summed E-state index contributed by atoms with van der Waals surface area (Å²) in [7, 11) is 0. The molecular weight excluding hydrogens is 255 g/mol. The van der Waals surface area contributed by atoms with Crippen molar-refractivity contribution in [3.8, 4) is 5.75 Å². The number of aryl methyl sites for hydroxylation is 3. The number of hydrogen-bond donors (Lipinski definition) is 0. The van der Waals surface area contributed by atoms with Gasteiger partial charge in [-0.2, -0.15) is 0 Å². The fraction of sp³-hybridized carbons (Fsp3) is 0.235. The largest absolute Gasteiger partial charge is 0.485 e. The van der Waals surface area contributed by atoms with Crippen molar-refractivity contribution in [1.82, 2.24) is 0 Å². The Labute approximate surface area is 118 Å². The van der Waals surface area contributed by atoms with E-state index in [0.717, 1.165) is 11.1 Å². The highest BCUT2D eigenvalue weighted by Crippen LogP contribution is 2.19. The molecule has 0 aliphatic rings. The third kappa shape index (κ3) is 3.23. The average molecular weight is 272 g/mol. The molecule has 3 heteroatoms. The number of rotatable bonds is 4. The van der Waals surface area contributed by atoms with E-state index >= 15 is 0 Å². The second kappa shape index (κ2) is 5.87. The van der Waals surface area contributed by atoms with Gasteiger partial charge in [0.2, 0.25) is 0 Å². The van der Waals surface area contributed by atoms with Crippen molar-refractivity contribution in [2.75, 3.05) is 6.61 Å². The molecule has 0 aliphatic heterocycles. The first-order valence-corrected chi connectivity index (χ1v) is 6.47. The summed E-state index contributed by atoms with van der Waals surface area (Å²) < 4.78 is 18.5. The summed E-state index contributed by atoms with van der Waals surface area (Å²) in [6.45, 7) is 5.55. The third-order valence-electron chi connectivity index (χ3n) is 3.19. The molecule has 0 fully saturated rings. The van der Waals surface area contributed by atoms with Crippen LogP contribution in [0.4, 0.5) is 4.39 Å². The van der Waals surface area contributed by atoms with Crippen molar-refractivity contribution < 1.29 is 13.9 Å². The van der Waals surface area contributed by atoms with Crippen LogP contribution in [0.3, 0.4) is 0 Å². The Bertz CT molecular complexity index is 647. The number of ether oxygens (including phenoxy) is 1. The Kier molecular flexibility index (Phi) is 4.18. The number of benzene rings is 2. The van der Waals surface area contributed by atoms with Crippen molar-refractivity contribution in [3.05, 3.63) is 64.5 Å². The Morgan fingerprint density at radius 1 is 1.05 bits per heavy atom. The Balaban J connectivity index is 2.10. The molecule has 2 nitrogen and oxygen atoms in total. The molecule has 0 radical (unpaired) electrons. The van der Waals surface area contributed by atoms with Crippen LogP contribution >= 0.6 is 0 Å². The number of hydrogen-bond acceptors (Lipinski definition) is 2. The first-order valence-electron chi connectivity index (χ1n) is 6.47. The van der Waals surface area contributed by atoms with Gasteiger partial charge in [-0.05, 0) is 56.2 Å². The van der Waals surface area contributed by atoms with E-state index in [-0.39, 0.29) is 18.2 Å². The van der Waals surface area contributed by atoms with E-state index in [9.17, 15) is 9.18 Å². The van der Waals surface area contributed by atoms with Gasteiger partial charge in [0.05, 0.1) is 0 Å². The van der Waals surface area contributed by atoms with E-state index in [4.69, 9.17) is 4.74 Å². The maximum atomic E-state index is 13.0. The molecule has 0 aromatic heterocycles.